The number of carbonyl (C=O) groups excluding carboxylic acids is 1. The molecule has 0 saturated heterocycles. The lowest BCUT2D eigenvalue weighted by molar-refractivity contribution is -0.108. The molecule has 0 amide bonds. The van der Waals surface area contributed by atoms with Crippen LogP contribution in [0.25, 0.3) is 0 Å². The first-order chi connectivity index (χ1) is 7.64. The molecule has 0 aliphatic carbocycles. The van der Waals surface area contributed by atoms with E-state index in [0.29, 0.717) is 12.7 Å². The van der Waals surface area contributed by atoms with Gasteiger partial charge >= 0.3 is 0 Å². The fourth-order valence-electron chi connectivity index (χ4n) is 1.17. The van der Waals surface area contributed by atoms with Gasteiger partial charge in [-0.3, -0.25) is 4.18 Å². The summed E-state index contributed by atoms with van der Waals surface area (Å²) >= 11 is 0. The maximum Gasteiger partial charge on any atom is 0.267 e. The number of rotatable bonds is 7. The van der Waals surface area contributed by atoms with Crippen LogP contribution in [0.1, 0.15) is 12.0 Å². The minimum Gasteiger partial charge on any atom is -0.303 e. The van der Waals surface area contributed by atoms with Crippen LogP contribution in [-0.2, 0) is 25.5 Å². The lowest BCUT2D eigenvalue weighted by Gasteiger charge is -2.03. The molecule has 0 N–H and O–H groups in total. The Hall–Kier alpha value is -1.20. The molecule has 1 aromatic carbocycles. The predicted molar refractivity (Wildman–Crippen MR) is 60.6 cm³/mol. The van der Waals surface area contributed by atoms with Crippen molar-refractivity contribution in [3.8, 4) is 0 Å². The molecule has 0 heterocycles. The Morgan fingerprint density at radius 1 is 1.19 bits per heavy atom. The molecule has 0 spiro atoms. The van der Waals surface area contributed by atoms with Crippen LogP contribution in [0.15, 0.2) is 30.3 Å². The average molecular weight is 242 g/mol. The minimum atomic E-state index is -3.51. The number of aldehydes is 1. The molecule has 1 rings (SSSR count). The molecule has 0 radical (unpaired) electrons. The number of carbonyl (C=O) groups is 1. The van der Waals surface area contributed by atoms with Crippen molar-refractivity contribution in [2.45, 2.75) is 12.8 Å². The van der Waals surface area contributed by atoms with Crippen LogP contribution in [0.5, 0.6) is 0 Å². The monoisotopic (exact) mass is 242 g/mol. The third kappa shape index (κ3) is 5.04. The molecule has 0 aliphatic heterocycles. The molecular formula is C11H14O4S. The van der Waals surface area contributed by atoms with Crippen molar-refractivity contribution >= 4 is 16.4 Å². The molecule has 0 bridgehead atoms. The Bertz CT molecular complexity index is 411. The summed E-state index contributed by atoms with van der Waals surface area (Å²) in [5.41, 5.74) is 0.949. The van der Waals surface area contributed by atoms with E-state index in [2.05, 4.69) is 4.18 Å². The smallest absolute Gasteiger partial charge is 0.267 e. The van der Waals surface area contributed by atoms with Crippen molar-refractivity contribution < 1.29 is 17.4 Å². The second-order valence-electron chi connectivity index (χ2n) is 3.27. The maximum absolute atomic E-state index is 11.3. The van der Waals surface area contributed by atoms with Gasteiger partial charge in [-0.15, -0.1) is 0 Å². The first kappa shape index (κ1) is 12.9. The van der Waals surface area contributed by atoms with E-state index in [1.807, 2.05) is 30.3 Å². The quantitative estimate of drug-likeness (QED) is 0.409. The van der Waals surface area contributed by atoms with Crippen LogP contribution in [0.3, 0.4) is 0 Å². The topological polar surface area (TPSA) is 60.4 Å². The van der Waals surface area contributed by atoms with Crippen molar-refractivity contribution in [1.82, 2.24) is 0 Å². The van der Waals surface area contributed by atoms with Crippen molar-refractivity contribution in [2.24, 2.45) is 0 Å². The van der Waals surface area contributed by atoms with Gasteiger partial charge in [-0.2, -0.15) is 8.42 Å². The van der Waals surface area contributed by atoms with Crippen molar-refractivity contribution in [3.63, 3.8) is 0 Å². The van der Waals surface area contributed by atoms with Crippen LogP contribution in [-0.4, -0.2) is 27.1 Å². The second-order valence-corrected chi connectivity index (χ2v) is 5.03. The Kier molecular flexibility index (Phi) is 5.14. The SMILES string of the molecule is O=CCCOS(=O)(=O)CCc1ccccc1. The van der Waals surface area contributed by atoms with Gasteiger partial charge < -0.3 is 4.79 Å². The fourth-order valence-corrected chi connectivity index (χ4v) is 2.12. The highest BCUT2D eigenvalue weighted by Crippen LogP contribution is 2.03. The standard InChI is InChI=1S/C11H14O4S/c12-8-4-9-15-16(13,14)10-7-11-5-2-1-3-6-11/h1-3,5-6,8H,4,7,9-10H2. The van der Waals surface area contributed by atoms with Crippen LogP contribution in [0.4, 0.5) is 0 Å². The second kappa shape index (κ2) is 6.40. The fraction of sp³-hybridized carbons (Fsp3) is 0.364. The van der Waals surface area contributed by atoms with E-state index in [1.165, 1.54) is 0 Å². The molecule has 0 atom stereocenters. The van der Waals surface area contributed by atoms with Gasteiger partial charge in [0.05, 0.1) is 12.4 Å². The summed E-state index contributed by atoms with van der Waals surface area (Å²) in [7, 11) is -3.51. The molecule has 5 heteroatoms. The van der Waals surface area contributed by atoms with Crippen molar-refractivity contribution in [3.05, 3.63) is 35.9 Å². The minimum absolute atomic E-state index is 0.0597. The molecule has 1 aromatic rings. The molecule has 0 saturated carbocycles. The summed E-state index contributed by atoms with van der Waals surface area (Å²) in [5, 5.41) is 0. The Morgan fingerprint density at radius 3 is 2.50 bits per heavy atom. The van der Waals surface area contributed by atoms with E-state index in [1.54, 1.807) is 0 Å². The summed E-state index contributed by atoms with van der Waals surface area (Å²) in [5.74, 6) is -0.0597. The van der Waals surface area contributed by atoms with E-state index in [9.17, 15) is 13.2 Å². The highest BCUT2D eigenvalue weighted by atomic mass is 32.2. The van der Waals surface area contributed by atoms with E-state index in [4.69, 9.17) is 0 Å². The van der Waals surface area contributed by atoms with Crippen LogP contribution in [0.2, 0.25) is 0 Å². The number of hydrogen-bond donors (Lipinski definition) is 0. The first-order valence-corrected chi connectivity index (χ1v) is 6.56. The van der Waals surface area contributed by atoms with Gasteiger partial charge in [-0.25, -0.2) is 0 Å². The third-order valence-corrected chi connectivity index (χ3v) is 3.21. The maximum atomic E-state index is 11.3. The number of benzene rings is 1. The van der Waals surface area contributed by atoms with Crippen LogP contribution in [0, 0.1) is 0 Å². The molecule has 0 aliphatic rings. The van der Waals surface area contributed by atoms with E-state index in [0.717, 1.165) is 5.56 Å². The van der Waals surface area contributed by atoms with Crippen LogP contribution < -0.4 is 0 Å². The van der Waals surface area contributed by atoms with Gasteiger partial charge in [-0.1, -0.05) is 30.3 Å². The summed E-state index contributed by atoms with van der Waals surface area (Å²) in [6.45, 7) is -0.0688. The van der Waals surface area contributed by atoms with Crippen LogP contribution >= 0.6 is 0 Å². The average Bonchev–Trinajstić information content (AvgIpc) is 2.28. The lowest BCUT2D eigenvalue weighted by atomic mass is 10.2. The molecule has 88 valence electrons. The first-order valence-electron chi connectivity index (χ1n) is 4.99. The predicted octanol–water partition coefficient (Wildman–Crippen LogP) is 1.16. The van der Waals surface area contributed by atoms with Gasteiger partial charge in [0.15, 0.2) is 0 Å². The highest BCUT2D eigenvalue weighted by molar-refractivity contribution is 7.86. The molecule has 0 unspecified atom stereocenters. The molecule has 16 heavy (non-hydrogen) atoms. The van der Waals surface area contributed by atoms with Gasteiger partial charge in [0, 0.05) is 6.42 Å². The van der Waals surface area contributed by atoms with Crippen molar-refractivity contribution in [1.29, 1.82) is 0 Å². The highest BCUT2D eigenvalue weighted by Gasteiger charge is 2.10. The summed E-state index contributed by atoms with van der Waals surface area (Å²) in [6, 6.07) is 9.31. The number of aryl methyl sites for hydroxylation is 1. The Labute approximate surface area is 95.4 Å². The third-order valence-electron chi connectivity index (χ3n) is 1.98. The normalized spacial score (nSPS) is 11.2. The molecule has 0 fully saturated rings. The summed E-state index contributed by atoms with van der Waals surface area (Å²) < 4.78 is 27.3. The Morgan fingerprint density at radius 2 is 1.88 bits per heavy atom. The van der Waals surface area contributed by atoms with E-state index in [-0.39, 0.29) is 18.8 Å². The lowest BCUT2D eigenvalue weighted by Crippen LogP contribution is -2.13. The molecular weight excluding hydrogens is 228 g/mol. The Balaban J connectivity index is 2.39. The van der Waals surface area contributed by atoms with E-state index >= 15 is 0 Å². The van der Waals surface area contributed by atoms with Gasteiger partial charge in [0.1, 0.15) is 6.29 Å². The van der Waals surface area contributed by atoms with E-state index < -0.39 is 10.1 Å². The number of hydrogen-bond acceptors (Lipinski definition) is 4. The zero-order chi connectivity index (χ0) is 11.9. The van der Waals surface area contributed by atoms with Gasteiger partial charge in [-0.05, 0) is 12.0 Å². The summed E-state index contributed by atoms with van der Waals surface area (Å²) in [6.07, 6.45) is 1.15. The van der Waals surface area contributed by atoms with Crippen molar-refractivity contribution in [2.75, 3.05) is 12.4 Å². The van der Waals surface area contributed by atoms with Gasteiger partial charge in [0.25, 0.3) is 10.1 Å². The largest absolute Gasteiger partial charge is 0.303 e. The zero-order valence-corrected chi connectivity index (χ0v) is 9.65. The van der Waals surface area contributed by atoms with Gasteiger partial charge in [0.2, 0.25) is 0 Å². The summed E-state index contributed by atoms with van der Waals surface area (Å²) in [4.78, 5) is 10.00. The molecule has 0 aromatic heterocycles. The molecule has 4 nitrogen and oxygen atoms in total. The zero-order valence-electron chi connectivity index (χ0n) is 8.83.